The molecule has 0 bridgehead atoms. The number of piperidine rings is 1. The number of sulfonamides is 1. The minimum atomic E-state index is -3.60. The van der Waals surface area contributed by atoms with E-state index < -0.39 is 10.0 Å². The monoisotopic (exact) mass is 462 g/mol. The van der Waals surface area contributed by atoms with Crippen molar-refractivity contribution in [1.82, 2.24) is 4.31 Å². The summed E-state index contributed by atoms with van der Waals surface area (Å²) in [6.45, 7) is 0.600. The lowest BCUT2D eigenvalue weighted by Gasteiger charge is -2.30. The summed E-state index contributed by atoms with van der Waals surface area (Å²) in [7, 11) is -3.60. The second-order valence-electron chi connectivity index (χ2n) is 7.31. The highest BCUT2D eigenvalue weighted by atomic mass is 35.5. The fourth-order valence-electron chi connectivity index (χ4n) is 3.65. The highest BCUT2D eigenvalue weighted by Crippen LogP contribution is 2.28. The van der Waals surface area contributed by atoms with Crippen LogP contribution in [-0.2, 0) is 14.8 Å². The fraction of sp³-hybridized carbons (Fsp3) is 0.227. The summed E-state index contributed by atoms with van der Waals surface area (Å²) in [5.41, 5.74) is 0.570. The molecule has 0 aliphatic carbocycles. The molecule has 0 atom stereocenters. The molecule has 0 radical (unpaired) electrons. The van der Waals surface area contributed by atoms with Gasteiger partial charge >= 0.3 is 0 Å². The maximum Gasteiger partial charge on any atom is 0.243 e. The molecule has 8 heteroatoms. The Morgan fingerprint density at radius 3 is 2.30 bits per heavy atom. The molecule has 1 heterocycles. The number of hydrogen-bond donors (Lipinski definition) is 1. The molecule has 1 fully saturated rings. The van der Waals surface area contributed by atoms with Gasteiger partial charge in [0.15, 0.2) is 0 Å². The third-order valence-corrected chi connectivity index (χ3v) is 8.00. The average molecular weight is 463 g/mol. The number of rotatable bonds is 4. The molecule has 0 saturated carbocycles. The standard InChI is InChI=1S/C22H20Cl2N2O3S/c23-20-8-6-18(14-21(20)24)25-22(27)16-9-11-26(12-10-16)30(28,29)19-7-5-15-3-1-2-4-17(15)13-19/h1-8,13-14,16H,9-12H2,(H,25,27). The molecule has 1 aliphatic heterocycles. The van der Waals surface area contributed by atoms with E-state index in [2.05, 4.69) is 5.32 Å². The number of carbonyl (C=O) groups is 1. The van der Waals surface area contributed by atoms with Crippen molar-refractivity contribution in [2.45, 2.75) is 17.7 Å². The van der Waals surface area contributed by atoms with Crippen LogP contribution in [0.1, 0.15) is 12.8 Å². The fourth-order valence-corrected chi connectivity index (χ4v) is 5.46. The molecule has 1 N–H and O–H groups in total. The van der Waals surface area contributed by atoms with E-state index in [1.54, 1.807) is 30.3 Å². The van der Waals surface area contributed by atoms with Crippen LogP contribution in [-0.4, -0.2) is 31.7 Å². The molecule has 1 saturated heterocycles. The number of benzene rings is 3. The van der Waals surface area contributed by atoms with E-state index in [-0.39, 0.29) is 16.7 Å². The van der Waals surface area contributed by atoms with Crippen LogP contribution < -0.4 is 5.32 Å². The Labute approximate surface area is 185 Å². The molecular formula is C22H20Cl2N2O3S. The van der Waals surface area contributed by atoms with E-state index in [1.165, 1.54) is 4.31 Å². The number of hydrogen-bond acceptors (Lipinski definition) is 3. The quantitative estimate of drug-likeness (QED) is 0.580. The Kier molecular flexibility index (Phi) is 6.02. The first-order valence-electron chi connectivity index (χ1n) is 9.59. The molecule has 5 nitrogen and oxygen atoms in total. The van der Waals surface area contributed by atoms with Crippen molar-refractivity contribution in [3.8, 4) is 0 Å². The third kappa shape index (κ3) is 4.32. The van der Waals surface area contributed by atoms with Gasteiger partial charge in [-0.05, 0) is 53.9 Å². The van der Waals surface area contributed by atoms with Crippen molar-refractivity contribution >= 4 is 55.6 Å². The first-order chi connectivity index (χ1) is 14.3. The molecule has 0 spiro atoms. The summed E-state index contributed by atoms with van der Waals surface area (Å²) >= 11 is 11.9. The average Bonchev–Trinajstić information content (AvgIpc) is 2.76. The summed E-state index contributed by atoms with van der Waals surface area (Å²) in [4.78, 5) is 12.9. The zero-order valence-electron chi connectivity index (χ0n) is 16.0. The Morgan fingerprint density at radius 2 is 1.60 bits per heavy atom. The number of halogens is 2. The first kappa shape index (κ1) is 21.1. The lowest BCUT2D eigenvalue weighted by molar-refractivity contribution is -0.120. The Bertz CT molecular complexity index is 1210. The van der Waals surface area contributed by atoms with Crippen LogP contribution in [0, 0.1) is 5.92 Å². The van der Waals surface area contributed by atoms with Gasteiger partial charge in [0.1, 0.15) is 0 Å². The van der Waals surface area contributed by atoms with Crippen LogP contribution in [0.15, 0.2) is 65.6 Å². The van der Waals surface area contributed by atoms with Crippen molar-refractivity contribution in [2.24, 2.45) is 5.92 Å². The molecule has 156 valence electrons. The Hall–Kier alpha value is -2.12. The molecule has 1 aliphatic rings. The zero-order valence-corrected chi connectivity index (χ0v) is 18.3. The largest absolute Gasteiger partial charge is 0.326 e. The van der Waals surface area contributed by atoms with E-state index in [1.807, 2.05) is 30.3 Å². The van der Waals surface area contributed by atoms with E-state index >= 15 is 0 Å². The summed E-state index contributed by atoms with van der Waals surface area (Å²) in [5.74, 6) is -0.404. The predicted molar refractivity (Wildman–Crippen MR) is 121 cm³/mol. The van der Waals surface area contributed by atoms with Gasteiger partial charge in [-0.1, -0.05) is 53.5 Å². The summed E-state index contributed by atoms with van der Waals surface area (Å²) in [6, 6.07) is 17.7. The van der Waals surface area contributed by atoms with Crippen LogP contribution in [0.4, 0.5) is 5.69 Å². The topological polar surface area (TPSA) is 66.5 Å². The molecule has 0 unspecified atom stereocenters. The lowest BCUT2D eigenvalue weighted by Crippen LogP contribution is -2.41. The van der Waals surface area contributed by atoms with Gasteiger partial charge in [-0.3, -0.25) is 4.79 Å². The lowest BCUT2D eigenvalue weighted by atomic mass is 9.97. The van der Waals surface area contributed by atoms with Crippen molar-refractivity contribution in [1.29, 1.82) is 0 Å². The van der Waals surface area contributed by atoms with Gasteiger partial charge in [0.2, 0.25) is 15.9 Å². The van der Waals surface area contributed by atoms with Crippen molar-refractivity contribution < 1.29 is 13.2 Å². The van der Waals surface area contributed by atoms with Gasteiger partial charge in [-0.25, -0.2) is 8.42 Å². The molecule has 4 rings (SSSR count). The van der Waals surface area contributed by atoms with Crippen molar-refractivity contribution in [3.63, 3.8) is 0 Å². The molecule has 3 aromatic carbocycles. The zero-order chi connectivity index (χ0) is 21.3. The highest BCUT2D eigenvalue weighted by Gasteiger charge is 2.32. The summed E-state index contributed by atoms with van der Waals surface area (Å²) in [5, 5.41) is 5.50. The minimum Gasteiger partial charge on any atom is -0.326 e. The Balaban J connectivity index is 1.42. The number of nitrogens with one attached hydrogen (secondary N) is 1. The van der Waals surface area contributed by atoms with Gasteiger partial charge in [-0.2, -0.15) is 4.31 Å². The van der Waals surface area contributed by atoms with E-state index in [9.17, 15) is 13.2 Å². The molecular weight excluding hydrogens is 443 g/mol. The smallest absolute Gasteiger partial charge is 0.243 e. The molecule has 3 aromatic rings. The number of amides is 1. The molecule has 30 heavy (non-hydrogen) atoms. The highest BCUT2D eigenvalue weighted by molar-refractivity contribution is 7.89. The predicted octanol–water partition coefficient (Wildman–Crippen LogP) is 5.19. The SMILES string of the molecule is O=C(Nc1ccc(Cl)c(Cl)c1)C1CCN(S(=O)(=O)c2ccc3ccccc3c2)CC1. The van der Waals surface area contributed by atoms with Gasteiger partial charge in [-0.15, -0.1) is 0 Å². The first-order valence-corrected chi connectivity index (χ1v) is 11.8. The summed E-state index contributed by atoms with van der Waals surface area (Å²) < 4.78 is 27.6. The maximum absolute atomic E-state index is 13.1. The Morgan fingerprint density at radius 1 is 0.900 bits per heavy atom. The molecule has 0 aromatic heterocycles. The second-order valence-corrected chi connectivity index (χ2v) is 10.1. The van der Waals surface area contributed by atoms with Crippen LogP contribution in [0.25, 0.3) is 10.8 Å². The molecule has 1 amide bonds. The van der Waals surface area contributed by atoms with Gasteiger partial charge in [0, 0.05) is 24.7 Å². The third-order valence-electron chi connectivity index (χ3n) is 5.37. The van der Waals surface area contributed by atoms with Crippen LogP contribution in [0.2, 0.25) is 10.0 Å². The van der Waals surface area contributed by atoms with E-state index in [0.29, 0.717) is 41.7 Å². The van der Waals surface area contributed by atoms with E-state index in [0.717, 1.165) is 10.8 Å². The van der Waals surface area contributed by atoms with Crippen molar-refractivity contribution in [3.05, 3.63) is 70.7 Å². The maximum atomic E-state index is 13.1. The van der Waals surface area contributed by atoms with Crippen LogP contribution >= 0.6 is 23.2 Å². The second kappa shape index (κ2) is 8.55. The van der Waals surface area contributed by atoms with E-state index in [4.69, 9.17) is 23.2 Å². The minimum absolute atomic E-state index is 0.142. The number of anilines is 1. The van der Waals surface area contributed by atoms with Crippen LogP contribution in [0.3, 0.4) is 0 Å². The van der Waals surface area contributed by atoms with Gasteiger partial charge < -0.3 is 5.32 Å². The van der Waals surface area contributed by atoms with Gasteiger partial charge in [0.25, 0.3) is 0 Å². The number of carbonyl (C=O) groups excluding carboxylic acids is 1. The summed E-state index contributed by atoms with van der Waals surface area (Å²) in [6.07, 6.45) is 0.917. The van der Waals surface area contributed by atoms with Crippen molar-refractivity contribution in [2.75, 3.05) is 18.4 Å². The number of nitrogens with zero attached hydrogens (tertiary/aromatic N) is 1. The van der Waals surface area contributed by atoms with Gasteiger partial charge in [0.05, 0.1) is 14.9 Å². The number of fused-ring (bicyclic) bond motifs is 1. The normalized spacial score (nSPS) is 15.9. The van der Waals surface area contributed by atoms with Crippen LogP contribution in [0.5, 0.6) is 0 Å².